The van der Waals surface area contributed by atoms with E-state index in [2.05, 4.69) is 15.3 Å². The molecule has 8 nitrogen and oxygen atoms in total. The van der Waals surface area contributed by atoms with E-state index in [4.69, 9.17) is 9.47 Å². The maximum absolute atomic E-state index is 12.0. The molecule has 134 valence electrons. The van der Waals surface area contributed by atoms with Gasteiger partial charge < -0.3 is 19.8 Å². The lowest BCUT2D eigenvalue weighted by atomic mass is 10.1. The third kappa shape index (κ3) is 4.72. The topological polar surface area (TPSA) is 113 Å². The van der Waals surface area contributed by atoms with Crippen LogP contribution in [-0.4, -0.2) is 36.6 Å². The van der Waals surface area contributed by atoms with Gasteiger partial charge in [-0.15, -0.1) is 0 Å². The van der Waals surface area contributed by atoms with Crippen LogP contribution in [0, 0.1) is 6.92 Å². The van der Waals surface area contributed by atoms with E-state index in [-0.39, 0.29) is 17.9 Å². The zero-order valence-electron chi connectivity index (χ0n) is 14.4. The number of aromatic amines is 2. The van der Waals surface area contributed by atoms with Gasteiger partial charge in [-0.3, -0.25) is 14.6 Å². The first-order chi connectivity index (χ1) is 11.9. The van der Waals surface area contributed by atoms with Crippen molar-refractivity contribution in [3.63, 3.8) is 0 Å². The molecule has 1 heterocycles. The van der Waals surface area contributed by atoms with E-state index in [0.717, 1.165) is 5.56 Å². The van der Waals surface area contributed by atoms with Crippen molar-refractivity contribution in [2.75, 3.05) is 20.8 Å². The summed E-state index contributed by atoms with van der Waals surface area (Å²) in [5.74, 6) is 0.978. The first-order valence-electron chi connectivity index (χ1n) is 7.74. The fourth-order valence-corrected chi connectivity index (χ4v) is 2.44. The summed E-state index contributed by atoms with van der Waals surface area (Å²) in [6.07, 6.45) is 0.511. The van der Waals surface area contributed by atoms with E-state index in [1.165, 1.54) is 0 Å². The van der Waals surface area contributed by atoms with Gasteiger partial charge in [-0.05, 0) is 31.0 Å². The third-order valence-corrected chi connectivity index (χ3v) is 3.78. The number of benzene rings is 1. The molecule has 0 bridgehead atoms. The van der Waals surface area contributed by atoms with Crippen molar-refractivity contribution >= 4 is 5.91 Å². The number of methoxy groups -OCH3 is 2. The summed E-state index contributed by atoms with van der Waals surface area (Å²) < 4.78 is 10.4. The normalized spacial score (nSPS) is 10.4. The van der Waals surface area contributed by atoms with Crippen LogP contribution in [0.2, 0.25) is 0 Å². The average Bonchev–Trinajstić information content (AvgIpc) is 2.58. The number of carbonyl (C=O) groups is 1. The van der Waals surface area contributed by atoms with Crippen LogP contribution in [0.5, 0.6) is 11.5 Å². The van der Waals surface area contributed by atoms with E-state index in [1.54, 1.807) is 27.2 Å². The predicted octanol–water partition coefficient (Wildman–Crippen LogP) is 0.290. The second-order valence-corrected chi connectivity index (χ2v) is 5.48. The molecule has 2 rings (SSSR count). The molecule has 0 aliphatic heterocycles. The molecule has 1 aromatic heterocycles. The smallest absolute Gasteiger partial charge is 0.325 e. The molecule has 0 aliphatic carbocycles. The van der Waals surface area contributed by atoms with Crippen LogP contribution < -0.4 is 26.0 Å². The Labute approximate surface area is 144 Å². The lowest BCUT2D eigenvalue weighted by Crippen LogP contribution is -2.33. The molecule has 0 radical (unpaired) electrons. The SMILES string of the molecule is COc1ccc(CCNC(=O)Cc2c(C)[nH]c(=O)[nH]c2=O)cc1OC. The van der Waals surface area contributed by atoms with E-state index < -0.39 is 11.2 Å². The van der Waals surface area contributed by atoms with Gasteiger partial charge in [0.2, 0.25) is 5.91 Å². The molecule has 3 N–H and O–H groups in total. The minimum Gasteiger partial charge on any atom is -0.493 e. The van der Waals surface area contributed by atoms with Gasteiger partial charge in [0.1, 0.15) is 0 Å². The maximum Gasteiger partial charge on any atom is 0.325 e. The van der Waals surface area contributed by atoms with Gasteiger partial charge in [0.05, 0.1) is 20.6 Å². The highest BCUT2D eigenvalue weighted by Crippen LogP contribution is 2.27. The lowest BCUT2D eigenvalue weighted by Gasteiger charge is -2.10. The molecule has 0 atom stereocenters. The van der Waals surface area contributed by atoms with E-state index in [1.807, 2.05) is 12.1 Å². The number of nitrogens with one attached hydrogen (secondary N) is 3. The number of aromatic nitrogens is 2. The van der Waals surface area contributed by atoms with E-state index in [9.17, 15) is 14.4 Å². The fourth-order valence-electron chi connectivity index (χ4n) is 2.44. The Bertz CT molecular complexity index is 869. The van der Waals surface area contributed by atoms with Gasteiger partial charge in [-0.1, -0.05) is 6.07 Å². The van der Waals surface area contributed by atoms with Crippen LogP contribution in [0.25, 0.3) is 0 Å². The number of hydrogen-bond acceptors (Lipinski definition) is 5. The maximum atomic E-state index is 12.0. The van der Waals surface area contributed by atoms with Crippen molar-refractivity contribution in [1.29, 1.82) is 0 Å². The Morgan fingerprint density at radius 2 is 1.84 bits per heavy atom. The summed E-state index contributed by atoms with van der Waals surface area (Å²) in [7, 11) is 3.13. The molecule has 8 heteroatoms. The first-order valence-corrected chi connectivity index (χ1v) is 7.74. The Morgan fingerprint density at radius 3 is 2.48 bits per heavy atom. The number of hydrogen-bond donors (Lipinski definition) is 3. The number of amides is 1. The average molecular weight is 347 g/mol. The van der Waals surface area contributed by atoms with Gasteiger partial charge in [-0.25, -0.2) is 4.79 Å². The summed E-state index contributed by atoms with van der Waals surface area (Å²) in [5, 5.41) is 2.76. The Morgan fingerprint density at radius 1 is 1.12 bits per heavy atom. The van der Waals surface area contributed by atoms with Crippen molar-refractivity contribution in [2.45, 2.75) is 19.8 Å². The zero-order chi connectivity index (χ0) is 18.4. The first kappa shape index (κ1) is 18.3. The summed E-state index contributed by atoms with van der Waals surface area (Å²) >= 11 is 0. The molecule has 0 saturated heterocycles. The summed E-state index contributed by atoms with van der Waals surface area (Å²) in [4.78, 5) is 39.5. The van der Waals surface area contributed by atoms with Gasteiger partial charge in [0.15, 0.2) is 11.5 Å². The largest absolute Gasteiger partial charge is 0.493 e. The Kier molecular flexibility index (Phi) is 5.99. The lowest BCUT2D eigenvalue weighted by molar-refractivity contribution is -0.120. The summed E-state index contributed by atoms with van der Waals surface area (Å²) in [5.41, 5.74) is 0.499. The minimum absolute atomic E-state index is 0.0934. The molecule has 0 spiro atoms. The van der Waals surface area contributed by atoms with Gasteiger partial charge in [-0.2, -0.15) is 0 Å². The van der Waals surface area contributed by atoms with E-state index >= 15 is 0 Å². The van der Waals surface area contributed by atoms with Crippen LogP contribution in [0.4, 0.5) is 0 Å². The molecular weight excluding hydrogens is 326 g/mol. The molecule has 25 heavy (non-hydrogen) atoms. The molecular formula is C17H21N3O5. The molecule has 2 aromatic rings. The van der Waals surface area contributed by atoms with Gasteiger partial charge >= 0.3 is 5.69 Å². The van der Waals surface area contributed by atoms with Crippen molar-refractivity contribution in [3.05, 3.63) is 55.9 Å². The van der Waals surface area contributed by atoms with Gasteiger partial charge in [0.25, 0.3) is 5.56 Å². The Hall–Kier alpha value is -3.03. The standard InChI is InChI=1S/C17H21N3O5/c1-10-12(16(22)20-17(23)19-10)9-15(21)18-7-6-11-4-5-13(24-2)14(8-11)25-3/h4-5,8H,6-7,9H2,1-3H3,(H,18,21)(H2,19,20,22,23). The third-order valence-electron chi connectivity index (χ3n) is 3.78. The number of carbonyl (C=O) groups excluding carboxylic acids is 1. The monoisotopic (exact) mass is 347 g/mol. The minimum atomic E-state index is -0.583. The van der Waals surface area contributed by atoms with Crippen LogP contribution in [0.1, 0.15) is 16.8 Å². The van der Waals surface area contributed by atoms with Crippen LogP contribution in [0.3, 0.4) is 0 Å². The molecule has 0 unspecified atom stereocenters. The number of ether oxygens (including phenoxy) is 2. The summed E-state index contributed by atoms with van der Waals surface area (Å²) in [6.45, 7) is 2.00. The predicted molar refractivity (Wildman–Crippen MR) is 92.4 cm³/mol. The molecule has 0 fully saturated rings. The molecule has 1 aromatic carbocycles. The summed E-state index contributed by atoms with van der Waals surface area (Å²) in [6, 6.07) is 5.55. The molecule has 1 amide bonds. The van der Waals surface area contributed by atoms with Crippen LogP contribution in [0.15, 0.2) is 27.8 Å². The van der Waals surface area contributed by atoms with Crippen LogP contribution >= 0.6 is 0 Å². The fraction of sp³-hybridized carbons (Fsp3) is 0.353. The zero-order valence-corrected chi connectivity index (χ0v) is 14.4. The molecule has 0 saturated carbocycles. The highest BCUT2D eigenvalue weighted by molar-refractivity contribution is 5.78. The highest BCUT2D eigenvalue weighted by atomic mass is 16.5. The van der Waals surface area contributed by atoms with Crippen LogP contribution in [-0.2, 0) is 17.6 Å². The van der Waals surface area contributed by atoms with E-state index in [0.29, 0.717) is 30.2 Å². The molecule has 0 aliphatic rings. The van der Waals surface area contributed by atoms with Crippen molar-refractivity contribution in [3.8, 4) is 11.5 Å². The van der Waals surface area contributed by atoms with Crippen molar-refractivity contribution < 1.29 is 14.3 Å². The number of H-pyrrole nitrogens is 2. The quantitative estimate of drug-likeness (QED) is 0.666. The second-order valence-electron chi connectivity index (χ2n) is 5.48. The second kappa shape index (κ2) is 8.18. The van der Waals surface area contributed by atoms with Crippen molar-refractivity contribution in [2.24, 2.45) is 0 Å². The number of aryl methyl sites for hydroxylation is 1. The number of rotatable bonds is 7. The van der Waals surface area contributed by atoms with Gasteiger partial charge in [0, 0.05) is 17.8 Å². The Balaban J connectivity index is 1.93. The highest BCUT2D eigenvalue weighted by Gasteiger charge is 2.11. The van der Waals surface area contributed by atoms with Crippen molar-refractivity contribution in [1.82, 2.24) is 15.3 Å².